The van der Waals surface area contributed by atoms with Crippen molar-refractivity contribution in [1.29, 1.82) is 0 Å². The minimum Gasteiger partial charge on any atom is -0.355 e. The van der Waals surface area contributed by atoms with Crippen molar-refractivity contribution in [2.24, 2.45) is 5.92 Å². The van der Waals surface area contributed by atoms with E-state index in [4.69, 9.17) is 0 Å². The molecule has 23 heavy (non-hydrogen) atoms. The third kappa shape index (κ3) is 3.64. The maximum absolute atomic E-state index is 12.9. The van der Waals surface area contributed by atoms with Crippen LogP contribution in [0.1, 0.15) is 22.5 Å². The summed E-state index contributed by atoms with van der Waals surface area (Å²) >= 11 is 0. The Balaban J connectivity index is 1.60. The molecule has 2 aromatic rings. The molecule has 1 aliphatic rings. The smallest absolute Gasteiger partial charge is 0.271 e. The van der Waals surface area contributed by atoms with Gasteiger partial charge in [-0.3, -0.25) is 4.79 Å². The molecule has 3 rings (SSSR count). The molecule has 0 radical (unpaired) electrons. The Bertz CT molecular complexity index is 672. The fraction of sp³-hybridized carbons (Fsp3) is 0.353. The number of nitrogens with zero attached hydrogens (tertiary/aromatic N) is 3. The first-order chi connectivity index (χ1) is 11.2. The van der Waals surface area contributed by atoms with Crippen LogP contribution in [0.4, 0.5) is 10.2 Å². The minimum atomic E-state index is -0.236. The lowest BCUT2D eigenvalue weighted by Gasteiger charge is -2.17. The lowest BCUT2D eigenvalue weighted by atomic mass is 9.99. The van der Waals surface area contributed by atoms with Crippen molar-refractivity contribution < 1.29 is 9.18 Å². The Morgan fingerprint density at radius 2 is 2.04 bits per heavy atom. The van der Waals surface area contributed by atoms with Crippen LogP contribution in [-0.4, -0.2) is 36.2 Å². The highest BCUT2D eigenvalue weighted by Crippen LogP contribution is 2.24. The van der Waals surface area contributed by atoms with Gasteiger partial charge in [0, 0.05) is 20.1 Å². The molecule has 1 saturated heterocycles. The second kappa shape index (κ2) is 6.73. The predicted octanol–water partition coefficient (Wildman–Crippen LogP) is 2.04. The lowest BCUT2D eigenvalue weighted by Crippen LogP contribution is -2.23. The second-order valence-electron chi connectivity index (χ2n) is 5.79. The SMILES string of the molecule is CNC(=O)c1ccc(N2CCC(Cc3ccc(F)cc3)C2)nn1. The number of benzene rings is 1. The Hall–Kier alpha value is -2.50. The van der Waals surface area contributed by atoms with Crippen molar-refractivity contribution >= 4 is 11.7 Å². The largest absolute Gasteiger partial charge is 0.355 e. The molecule has 6 heteroatoms. The average Bonchev–Trinajstić information content (AvgIpc) is 3.05. The summed E-state index contributed by atoms with van der Waals surface area (Å²) in [7, 11) is 1.57. The van der Waals surface area contributed by atoms with E-state index in [9.17, 15) is 9.18 Å². The topological polar surface area (TPSA) is 58.1 Å². The zero-order chi connectivity index (χ0) is 16.2. The fourth-order valence-electron chi connectivity index (χ4n) is 2.90. The Morgan fingerprint density at radius 1 is 1.26 bits per heavy atom. The standard InChI is InChI=1S/C17H19FN4O/c1-19-17(23)15-6-7-16(21-20-15)22-9-8-13(11-22)10-12-2-4-14(18)5-3-12/h2-7,13H,8-11H2,1H3,(H,19,23). The summed E-state index contributed by atoms with van der Waals surface area (Å²) in [5.74, 6) is 0.869. The number of carbonyl (C=O) groups excluding carboxylic acids is 1. The number of aromatic nitrogens is 2. The van der Waals surface area contributed by atoms with Gasteiger partial charge in [0.2, 0.25) is 0 Å². The third-order valence-corrected chi connectivity index (χ3v) is 4.16. The van der Waals surface area contributed by atoms with E-state index in [0.29, 0.717) is 11.6 Å². The molecule has 2 heterocycles. The molecule has 1 N–H and O–H groups in total. The monoisotopic (exact) mass is 314 g/mol. The van der Waals surface area contributed by atoms with Crippen LogP contribution in [0.3, 0.4) is 0 Å². The summed E-state index contributed by atoms with van der Waals surface area (Å²) in [4.78, 5) is 13.6. The number of nitrogens with one attached hydrogen (secondary N) is 1. The molecule has 0 saturated carbocycles. The van der Waals surface area contributed by atoms with Gasteiger partial charge in [-0.25, -0.2) is 4.39 Å². The van der Waals surface area contributed by atoms with Crippen LogP contribution in [-0.2, 0) is 6.42 Å². The summed E-state index contributed by atoms with van der Waals surface area (Å²) in [6.07, 6.45) is 2.00. The van der Waals surface area contributed by atoms with Gasteiger partial charge in [-0.05, 0) is 48.6 Å². The van der Waals surface area contributed by atoms with Crippen LogP contribution >= 0.6 is 0 Å². The van der Waals surface area contributed by atoms with Crippen molar-refractivity contribution in [2.75, 3.05) is 25.0 Å². The molecule has 1 aromatic carbocycles. The summed E-state index contributed by atoms with van der Waals surface area (Å²) < 4.78 is 12.9. The predicted molar refractivity (Wildman–Crippen MR) is 85.8 cm³/mol. The molecule has 120 valence electrons. The number of anilines is 1. The zero-order valence-corrected chi connectivity index (χ0v) is 13.0. The van der Waals surface area contributed by atoms with E-state index in [1.54, 1.807) is 13.1 Å². The number of halogens is 1. The van der Waals surface area contributed by atoms with Gasteiger partial charge in [-0.15, -0.1) is 10.2 Å². The first-order valence-electron chi connectivity index (χ1n) is 7.71. The maximum atomic E-state index is 12.9. The average molecular weight is 314 g/mol. The van der Waals surface area contributed by atoms with Crippen LogP contribution in [0.2, 0.25) is 0 Å². The first-order valence-corrected chi connectivity index (χ1v) is 7.71. The Kier molecular flexibility index (Phi) is 4.50. The normalized spacial score (nSPS) is 17.3. The summed E-state index contributed by atoms with van der Waals surface area (Å²) in [6, 6.07) is 10.2. The van der Waals surface area contributed by atoms with E-state index in [2.05, 4.69) is 20.4 Å². The number of amides is 1. The lowest BCUT2D eigenvalue weighted by molar-refractivity contribution is 0.0957. The van der Waals surface area contributed by atoms with Crippen molar-refractivity contribution in [3.63, 3.8) is 0 Å². The van der Waals surface area contributed by atoms with Gasteiger partial charge in [-0.1, -0.05) is 12.1 Å². The summed E-state index contributed by atoms with van der Waals surface area (Å²) in [6.45, 7) is 1.81. The van der Waals surface area contributed by atoms with Crippen molar-refractivity contribution in [3.8, 4) is 0 Å². The molecule has 1 fully saturated rings. The molecular formula is C17H19FN4O. The van der Waals surface area contributed by atoms with E-state index in [1.807, 2.05) is 18.2 Å². The molecule has 1 aliphatic heterocycles. The number of rotatable bonds is 4. The van der Waals surface area contributed by atoms with Crippen molar-refractivity contribution in [1.82, 2.24) is 15.5 Å². The molecule has 1 unspecified atom stereocenters. The minimum absolute atomic E-state index is 0.201. The van der Waals surface area contributed by atoms with Gasteiger partial charge < -0.3 is 10.2 Å². The van der Waals surface area contributed by atoms with Gasteiger partial charge in [0.15, 0.2) is 11.5 Å². The van der Waals surface area contributed by atoms with Gasteiger partial charge in [0.25, 0.3) is 5.91 Å². The van der Waals surface area contributed by atoms with Gasteiger partial charge in [0.05, 0.1) is 0 Å². The van der Waals surface area contributed by atoms with E-state index < -0.39 is 0 Å². The van der Waals surface area contributed by atoms with Crippen LogP contribution in [0.15, 0.2) is 36.4 Å². The highest BCUT2D eigenvalue weighted by Gasteiger charge is 2.24. The van der Waals surface area contributed by atoms with Gasteiger partial charge >= 0.3 is 0 Å². The molecule has 0 aliphatic carbocycles. The Morgan fingerprint density at radius 3 is 2.70 bits per heavy atom. The van der Waals surface area contributed by atoms with E-state index >= 15 is 0 Å². The van der Waals surface area contributed by atoms with Crippen LogP contribution in [0, 0.1) is 11.7 Å². The Labute approximate surface area is 134 Å². The molecule has 0 spiro atoms. The highest BCUT2D eigenvalue weighted by atomic mass is 19.1. The molecule has 1 aromatic heterocycles. The van der Waals surface area contributed by atoms with Gasteiger partial charge in [0.1, 0.15) is 5.82 Å². The fourth-order valence-corrected chi connectivity index (χ4v) is 2.90. The van der Waals surface area contributed by atoms with Crippen LogP contribution in [0.25, 0.3) is 0 Å². The van der Waals surface area contributed by atoms with E-state index in [0.717, 1.165) is 37.3 Å². The van der Waals surface area contributed by atoms with Crippen molar-refractivity contribution in [3.05, 3.63) is 53.5 Å². The number of carbonyl (C=O) groups is 1. The van der Waals surface area contributed by atoms with Crippen LogP contribution in [0.5, 0.6) is 0 Å². The third-order valence-electron chi connectivity index (χ3n) is 4.16. The zero-order valence-electron chi connectivity index (χ0n) is 13.0. The number of hydrogen-bond acceptors (Lipinski definition) is 4. The molecular weight excluding hydrogens is 295 g/mol. The number of hydrogen-bond donors (Lipinski definition) is 1. The quantitative estimate of drug-likeness (QED) is 0.938. The molecule has 1 atom stereocenters. The first kappa shape index (κ1) is 15.4. The van der Waals surface area contributed by atoms with Gasteiger partial charge in [-0.2, -0.15) is 0 Å². The maximum Gasteiger partial charge on any atom is 0.271 e. The molecule has 1 amide bonds. The highest BCUT2D eigenvalue weighted by molar-refractivity contribution is 5.91. The van der Waals surface area contributed by atoms with E-state index in [-0.39, 0.29) is 11.7 Å². The molecule has 0 bridgehead atoms. The van der Waals surface area contributed by atoms with Crippen LogP contribution < -0.4 is 10.2 Å². The molecule has 5 nitrogen and oxygen atoms in total. The summed E-state index contributed by atoms with van der Waals surface area (Å²) in [5.41, 5.74) is 1.47. The van der Waals surface area contributed by atoms with Crippen molar-refractivity contribution in [2.45, 2.75) is 12.8 Å². The van der Waals surface area contributed by atoms with E-state index in [1.165, 1.54) is 12.1 Å². The second-order valence-corrected chi connectivity index (χ2v) is 5.79. The summed E-state index contributed by atoms with van der Waals surface area (Å²) in [5, 5.41) is 10.6.